The molecule has 1 fully saturated rings. The average molecular weight is 218 g/mol. The van der Waals surface area contributed by atoms with Gasteiger partial charge in [0.2, 0.25) is 0 Å². The second-order valence-corrected chi connectivity index (χ2v) is 5.75. The molecule has 2 nitrogen and oxygen atoms in total. The van der Waals surface area contributed by atoms with E-state index in [0.717, 1.165) is 6.54 Å². The normalized spacial score (nSPS) is 23.6. The summed E-state index contributed by atoms with van der Waals surface area (Å²) in [4.78, 5) is 4.41. The summed E-state index contributed by atoms with van der Waals surface area (Å²) in [5.41, 5.74) is 3.00. The van der Waals surface area contributed by atoms with Gasteiger partial charge in [0.05, 0.1) is 5.69 Å². The molecule has 1 atom stereocenters. The Morgan fingerprint density at radius 2 is 2.31 bits per heavy atom. The summed E-state index contributed by atoms with van der Waals surface area (Å²) in [5, 5.41) is 3.63. The zero-order valence-electron chi connectivity index (χ0n) is 10.6. The van der Waals surface area contributed by atoms with E-state index in [1.54, 1.807) is 0 Å². The zero-order valence-corrected chi connectivity index (χ0v) is 10.6. The summed E-state index contributed by atoms with van der Waals surface area (Å²) in [6.45, 7) is 7.76. The fourth-order valence-electron chi connectivity index (χ4n) is 2.55. The molecule has 1 saturated carbocycles. The molecule has 1 aromatic heterocycles. The van der Waals surface area contributed by atoms with Gasteiger partial charge in [0.15, 0.2) is 0 Å². The van der Waals surface area contributed by atoms with Gasteiger partial charge in [-0.2, -0.15) is 0 Å². The van der Waals surface area contributed by atoms with E-state index in [-0.39, 0.29) is 0 Å². The van der Waals surface area contributed by atoms with Crippen LogP contribution in [0.4, 0.5) is 0 Å². The van der Waals surface area contributed by atoms with E-state index in [2.05, 4.69) is 37.1 Å². The molecule has 1 aliphatic rings. The van der Waals surface area contributed by atoms with Crippen LogP contribution in [-0.2, 0) is 6.54 Å². The second kappa shape index (κ2) is 4.54. The largest absolute Gasteiger partial charge is 0.308 e. The van der Waals surface area contributed by atoms with E-state index in [0.29, 0.717) is 11.5 Å². The van der Waals surface area contributed by atoms with Crippen molar-refractivity contribution in [2.45, 2.75) is 52.6 Å². The number of nitrogens with one attached hydrogen (secondary N) is 1. The van der Waals surface area contributed by atoms with Crippen LogP contribution in [-0.4, -0.2) is 11.0 Å². The smallest absolute Gasteiger partial charge is 0.0570 e. The zero-order chi connectivity index (χ0) is 11.6. The Bertz CT molecular complexity index is 358. The summed E-state index contributed by atoms with van der Waals surface area (Å²) in [5.74, 6) is 0. The van der Waals surface area contributed by atoms with Crippen molar-refractivity contribution in [3.05, 3.63) is 29.6 Å². The Kier molecular flexibility index (Phi) is 3.29. The molecule has 0 aliphatic heterocycles. The van der Waals surface area contributed by atoms with Crippen LogP contribution in [0.3, 0.4) is 0 Å². The molecule has 0 amide bonds. The molecule has 1 aromatic rings. The molecule has 2 heteroatoms. The van der Waals surface area contributed by atoms with Gasteiger partial charge in [-0.15, -0.1) is 0 Å². The van der Waals surface area contributed by atoms with E-state index >= 15 is 0 Å². The Morgan fingerprint density at radius 3 is 2.94 bits per heavy atom. The second-order valence-electron chi connectivity index (χ2n) is 5.75. The maximum atomic E-state index is 4.41. The third-order valence-electron chi connectivity index (χ3n) is 3.64. The van der Waals surface area contributed by atoms with Crippen molar-refractivity contribution >= 4 is 0 Å². The summed E-state index contributed by atoms with van der Waals surface area (Å²) in [7, 11) is 0. The maximum absolute atomic E-state index is 4.41. The van der Waals surface area contributed by atoms with Crippen LogP contribution >= 0.6 is 0 Å². The number of aromatic nitrogens is 1. The molecular weight excluding hydrogens is 196 g/mol. The Balaban J connectivity index is 1.87. The summed E-state index contributed by atoms with van der Waals surface area (Å²) >= 11 is 0. The molecule has 0 radical (unpaired) electrons. The highest BCUT2D eigenvalue weighted by molar-refractivity contribution is 5.17. The minimum atomic E-state index is 0.525. The van der Waals surface area contributed by atoms with Crippen molar-refractivity contribution < 1.29 is 0 Å². The maximum Gasteiger partial charge on any atom is 0.0570 e. The van der Waals surface area contributed by atoms with Gasteiger partial charge in [0.1, 0.15) is 0 Å². The molecule has 1 unspecified atom stereocenters. The van der Waals surface area contributed by atoms with Crippen molar-refractivity contribution in [1.82, 2.24) is 10.3 Å². The lowest BCUT2D eigenvalue weighted by atomic mass is 9.92. The van der Waals surface area contributed by atoms with Gasteiger partial charge < -0.3 is 5.32 Å². The topological polar surface area (TPSA) is 24.9 Å². The van der Waals surface area contributed by atoms with Crippen molar-refractivity contribution in [2.24, 2.45) is 5.41 Å². The number of pyridine rings is 1. The lowest BCUT2D eigenvalue weighted by Crippen LogP contribution is -2.27. The van der Waals surface area contributed by atoms with Crippen molar-refractivity contribution in [1.29, 1.82) is 0 Å². The molecule has 1 heterocycles. The highest BCUT2D eigenvalue weighted by atomic mass is 14.9. The molecule has 1 N–H and O–H groups in total. The first-order valence-corrected chi connectivity index (χ1v) is 6.21. The van der Waals surface area contributed by atoms with Gasteiger partial charge in [-0.25, -0.2) is 0 Å². The van der Waals surface area contributed by atoms with E-state index in [1.807, 2.05) is 12.3 Å². The lowest BCUT2D eigenvalue weighted by Gasteiger charge is -2.18. The van der Waals surface area contributed by atoms with Crippen molar-refractivity contribution in [2.75, 3.05) is 0 Å². The summed E-state index contributed by atoms with van der Waals surface area (Å²) in [6.07, 6.45) is 5.81. The number of rotatable bonds is 3. The first-order chi connectivity index (χ1) is 7.57. The van der Waals surface area contributed by atoms with Crippen LogP contribution in [0.2, 0.25) is 0 Å². The Hall–Kier alpha value is -0.890. The van der Waals surface area contributed by atoms with E-state index in [9.17, 15) is 0 Å². The highest BCUT2D eigenvalue weighted by Crippen LogP contribution is 2.36. The minimum absolute atomic E-state index is 0.525. The highest BCUT2D eigenvalue weighted by Gasteiger charge is 2.30. The summed E-state index contributed by atoms with van der Waals surface area (Å²) in [6, 6.07) is 4.80. The van der Waals surface area contributed by atoms with Crippen LogP contribution in [0.5, 0.6) is 0 Å². The standard InChI is InChI=1S/C14H22N2/c1-11-5-4-8-15-13(11)10-16-12-6-7-14(2,3)9-12/h4-5,8,12,16H,6-7,9-10H2,1-3H3. The molecule has 88 valence electrons. The third kappa shape index (κ3) is 2.82. The molecule has 0 saturated heterocycles. The van der Waals surface area contributed by atoms with Crippen LogP contribution in [0, 0.1) is 12.3 Å². The van der Waals surface area contributed by atoms with Crippen LogP contribution in [0.15, 0.2) is 18.3 Å². The third-order valence-corrected chi connectivity index (χ3v) is 3.64. The SMILES string of the molecule is Cc1cccnc1CNC1CCC(C)(C)C1. The molecule has 0 aromatic carbocycles. The van der Waals surface area contributed by atoms with Crippen LogP contribution in [0.1, 0.15) is 44.4 Å². The molecule has 0 spiro atoms. The van der Waals surface area contributed by atoms with Gasteiger partial charge >= 0.3 is 0 Å². The van der Waals surface area contributed by atoms with Crippen molar-refractivity contribution in [3.63, 3.8) is 0 Å². The van der Waals surface area contributed by atoms with Gasteiger partial charge in [-0.1, -0.05) is 19.9 Å². The van der Waals surface area contributed by atoms with E-state index in [1.165, 1.54) is 30.5 Å². The van der Waals surface area contributed by atoms with Gasteiger partial charge in [0, 0.05) is 18.8 Å². The number of hydrogen-bond donors (Lipinski definition) is 1. The average Bonchev–Trinajstić information content (AvgIpc) is 2.57. The molecular formula is C14H22N2. The van der Waals surface area contributed by atoms with Crippen LogP contribution < -0.4 is 5.32 Å². The first-order valence-electron chi connectivity index (χ1n) is 6.21. The van der Waals surface area contributed by atoms with Gasteiger partial charge in [0.25, 0.3) is 0 Å². The van der Waals surface area contributed by atoms with Crippen molar-refractivity contribution in [3.8, 4) is 0 Å². The van der Waals surface area contributed by atoms with E-state index in [4.69, 9.17) is 0 Å². The first kappa shape index (κ1) is 11.6. The fraction of sp³-hybridized carbons (Fsp3) is 0.643. The number of aryl methyl sites for hydroxylation is 1. The quantitative estimate of drug-likeness (QED) is 0.843. The lowest BCUT2D eigenvalue weighted by molar-refractivity contribution is 0.364. The monoisotopic (exact) mass is 218 g/mol. The fourth-order valence-corrected chi connectivity index (χ4v) is 2.55. The number of hydrogen-bond acceptors (Lipinski definition) is 2. The van der Waals surface area contributed by atoms with Crippen LogP contribution in [0.25, 0.3) is 0 Å². The Morgan fingerprint density at radius 1 is 1.50 bits per heavy atom. The molecule has 16 heavy (non-hydrogen) atoms. The molecule has 0 bridgehead atoms. The predicted octanol–water partition coefficient (Wildman–Crippen LogP) is 3.06. The van der Waals surface area contributed by atoms with Gasteiger partial charge in [-0.3, -0.25) is 4.98 Å². The van der Waals surface area contributed by atoms with Gasteiger partial charge in [-0.05, 0) is 43.2 Å². The Labute approximate surface area is 98.5 Å². The minimum Gasteiger partial charge on any atom is -0.308 e. The van der Waals surface area contributed by atoms with E-state index < -0.39 is 0 Å². The molecule has 2 rings (SSSR count). The number of nitrogens with zero attached hydrogens (tertiary/aromatic N) is 1. The molecule has 1 aliphatic carbocycles. The predicted molar refractivity (Wildman–Crippen MR) is 67.2 cm³/mol. The summed E-state index contributed by atoms with van der Waals surface area (Å²) < 4.78 is 0.